The molecule has 1 aromatic carbocycles. The Morgan fingerprint density at radius 1 is 1.06 bits per heavy atom. The van der Waals surface area contributed by atoms with Crippen LogP contribution in [0.1, 0.15) is 36.8 Å². The van der Waals surface area contributed by atoms with Crippen LogP contribution in [0.2, 0.25) is 0 Å². The fraction of sp³-hybridized carbons (Fsp3) is 0.542. The van der Waals surface area contributed by atoms with Crippen LogP contribution in [-0.4, -0.2) is 66.3 Å². The lowest BCUT2D eigenvalue weighted by Gasteiger charge is -2.39. The first-order valence-electron chi connectivity index (χ1n) is 12.1. The zero-order valence-corrected chi connectivity index (χ0v) is 19.5. The van der Waals surface area contributed by atoms with Gasteiger partial charge in [-0.15, -0.1) is 0 Å². The van der Waals surface area contributed by atoms with Gasteiger partial charge in [-0.25, -0.2) is 0 Å². The molecular weight excluding hydrogens is 461 g/mol. The molecule has 0 bridgehead atoms. The molecule has 1 N–H and O–H groups in total. The van der Waals surface area contributed by atoms with Crippen LogP contribution >= 0.6 is 0 Å². The van der Waals surface area contributed by atoms with E-state index in [2.05, 4.69) is 32.3 Å². The van der Waals surface area contributed by atoms with E-state index in [0.29, 0.717) is 37.0 Å². The number of hydrogen-bond donors (Lipinski definition) is 1. The third-order valence-electron chi connectivity index (χ3n) is 6.48. The maximum atomic E-state index is 12.9. The Bertz CT molecular complexity index is 1070. The number of alkyl halides is 3. The molecule has 0 radical (unpaired) electrons. The van der Waals surface area contributed by atoms with Crippen molar-refractivity contribution in [2.75, 3.05) is 54.4 Å². The number of likely N-dealkylation sites (tertiary alicyclic amines) is 1. The van der Waals surface area contributed by atoms with Gasteiger partial charge in [-0.1, -0.05) is 24.3 Å². The molecule has 3 aliphatic rings. The molecular formula is C24H29F3N6O2. The van der Waals surface area contributed by atoms with Crippen molar-refractivity contribution in [1.82, 2.24) is 14.9 Å². The van der Waals surface area contributed by atoms with Crippen molar-refractivity contribution < 1.29 is 22.7 Å². The Morgan fingerprint density at radius 2 is 1.83 bits per heavy atom. The van der Waals surface area contributed by atoms with E-state index in [9.17, 15) is 18.0 Å². The topological polar surface area (TPSA) is 73.8 Å². The van der Waals surface area contributed by atoms with Gasteiger partial charge in [0.2, 0.25) is 5.91 Å². The summed E-state index contributed by atoms with van der Waals surface area (Å²) in [6.45, 7) is 4.67. The van der Waals surface area contributed by atoms with E-state index < -0.39 is 12.6 Å². The van der Waals surface area contributed by atoms with Gasteiger partial charge >= 0.3 is 12.2 Å². The summed E-state index contributed by atoms with van der Waals surface area (Å²) in [7, 11) is 0. The highest BCUT2D eigenvalue weighted by atomic mass is 19.4. The molecule has 8 nitrogen and oxygen atoms in total. The number of halogens is 3. The number of carbonyl (C=O) groups is 1. The van der Waals surface area contributed by atoms with E-state index in [1.807, 2.05) is 17.0 Å². The van der Waals surface area contributed by atoms with Crippen molar-refractivity contribution in [3.63, 3.8) is 0 Å². The highest BCUT2D eigenvalue weighted by Crippen LogP contribution is 2.41. The van der Waals surface area contributed by atoms with E-state index in [1.54, 1.807) is 4.90 Å². The first kappa shape index (κ1) is 23.7. The number of carbonyl (C=O) groups excluding carboxylic acids is 1. The molecule has 0 saturated carbocycles. The summed E-state index contributed by atoms with van der Waals surface area (Å²) >= 11 is 0. The lowest BCUT2D eigenvalue weighted by atomic mass is 10.1. The SMILES string of the molecule is O=C1CN(Cc2cccc(CN3CCCC3)c2)c2nc(OCCCC(F)(F)F)nc3c2N1CCN3. The van der Waals surface area contributed by atoms with Crippen molar-refractivity contribution in [3.8, 4) is 6.01 Å². The molecule has 1 saturated heterocycles. The van der Waals surface area contributed by atoms with Gasteiger partial charge in [-0.3, -0.25) is 9.69 Å². The number of hydrogen-bond acceptors (Lipinski definition) is 7. The quantitative estimate of drug-likeness (QED) is 0.567. The van der Waals surface area contributed by atoms with E-state index >= 15 is 0 Å². The zero-order chi connectivity index (χ0) is 24.4. The van der Waals surface area contributed by atoms with Gasteiger partial charge in [0.25, 0.3) is 0 Å². The Hall–Kier alpha value is -3.08. The highest BCUT2D eigenvalue weighted by Gasteiger charge is 2.36. The minimum absolute atomic E-state index is 0.0115. The van der Waals surface area contributed by atoms with Gasteiger partial charge in [0.1, 0.15) is 5.69 Å². The number of rotatable bonds is 8. The minimum atomic E-state index is -4.23. The second kappa shape index (κ2) is 9.88. The molecule has 1 amide bonds. The van der Waals surface area contributed by atoms with Crippen LogP contribution < -0.4 is 19.9 Å². The average molecular weight is 491 g/mol. The number of benzene rings is 1. The molecule has 1 aromatic heterocycles. The summed E-state index contributed by atoms with van der Waals surface area (Å²) < 4.78 is 42.9. The van der Waals surface area contributed by atoms with Crippen LogP contribution in [0.15, 0.2) is 24.3 Å². The Balaban J connectivity index is 1.36. The van der Waals surface area contributed by atoms with E-state index in [0.717, 1.165) is 25.2 Å². The van der Waals surface area contributed by atoms with E-state index in [1.165, 1.54) is 18.4 Å². The molecule has 0 aliphatic carbocycles. The fourth-order valence-corrected chi connectivity index (χ4v) is 4.86. The minimum Gasteiger partial charge on any atom is -0.463 e. The number of amides is 1. The Kier molecular flexibility index (Phi) is 6.68. The highest BCUT2D eigenvalue weighted by molar-refractivity contribution is 6.06. The average Bonchev–Trinajstić information content (AvgIpc) is 3.32. The summed E-state index contributed by atoms with van der Waals surface area (Å²) in [5.41, 5.74) is 2.89. The number of nitrogens with zero attached hydrogens (tertiary/aromatic N) is 5. The predicted octanol–water partition coefficient (Wildman–Crippen LogP) is 3.57. The maximum Gasteiger partial charge on any atom is 0.389 e. The van der Waals surface area contributed by atoms with Crippen molar-refractivity contribution in [2.24, 2.45) is 0 Å². The normalized spacial score (nSPS) is 18.0. The van der Waals surface area contributed by atoms with E-state index in [4.69, 9.17) is 4.74 Å². The molecule has 5 rings (SSSR count). The summed E-state index contributed by atoms with van der Waals surface area (Å²) in [5, 5.41) is 3.17. The molecule has 1 fully saturated rings. The second-order valence-corrected chi connectivity index (χ2v) is 9.23. The van der Waals surface area contributed by atoms with Crippen LogP contribution in [0.25, 0.3) is 0 Å². The molecule has 4 heterocycles. The van der Waals surface area contributed by atoms with Crippen LogP contribution in [0.3, 0.4) is 0 Å². The first-order valence-corrected chi connectivity index (χ1v) is 12.1. The summed E-state index contributed by atoms with van der Waals surface area (Å²) in [6.07, 6.45) is -2.86. The third-order valence-corrected chi connectivity index (χ3v) is 6.48. The van der Waals surface area contributed by atoms with Crippen LogP contribution in [0, 0.1) is 0 Å². The molecule has 0 spiro atoms. The number of nitrogens with one attached hydrogen (secondary N) is 1. The van der Waals surface area contributed by atoms with Crippen LogP contribution in [-0.2, 0) is 17.9 Å². The van der Waals surface area contributed by atoms with Crippen molar-refractivity contribution in [1.29, 1.82) is 0 Å². The van der Waals surface area contributed by atoms with Gasteiger partial charge in [0.05, 0.1) is 13.2 Å². The molecule has 0 atom stereocenters. The van der Waals surface area contributed by atoms with Crippen molar-refractivity contribution >= 4 is 23.2 Å². The van der Waals surface area contributed by atoms with Crippen molar-refractivity contribution in [2.45, 2.75) is 44.9 Å². The second-order valence-electron chi connectivity index (χ2n) is 9.23. The summed E-state index contributed by atoms with van der Waals surface area (Å²) in [5.74, 6) is 0.987. The van der Waals surface area contributed by atoms with Gasteiger partial charge < -0.3 is 19.9 Å². The van der Waals surface area contributed by atoms with Gasteiger partial charge in [-0.05, 0) is 43.5 Å². The van der Waals surface area contributed by atoms with Crippen molar-refractivity contribution in [3.05, 3.63) is 35.4 Å². The first-order chi connectivity index (χ1) is 16.9. The smallest absolute Gasteiger partial charge is 0.389 e. The van der Waals surface area contributed by atoms with Crippen LogP contribution in [0.4, 0.5) is 30.5 Å². The molecule has 188 valence electrons. The molecule has 2 aromatic rings. The van der Waals surface area contributed by atoms with Crippen LogP contribution in [0.5, 0.6) is 6.01 Å². The predicted molar refractivity (Wildman–Crippen MR) is 126 cm³/mol. The maximum absolute atomic E-state index is 12.9. The molecule has 0 unspecified atom stereocenters. The monoisotopic (exact) mass is 490 g/mol. The van der Waals surface area contributed by atoms with E-state index in [-0.39, 0.29) is 31.5 Å². The third kappa shape index (κ3) is 5.61. The lowest BCUT2D eigenvalue weighted by molar-refractivity contribution is -0.136. The van der Waals surface area contributed by atoms with Gasteiger partial charge in [-0.2, -0.15) is 23.1 Å². The molecule has 11 heteroatoms. The molecule has 35 heavy (non-hydrogen) atoms. The molecule has 3 aliphatic heterocycles. The Morgan fingerprint density at radius 3 is 2.60 bits per heavy atom. The number of anilines is 3. The largest absolute Gasteiger partial charge is 0.463 e. The standard InChI is InChI=1S/C24H29F3N6O2/c25-24(26,27)7-4-12-35-23-29-21-20-22(30-23)32(16-19(34)33(20)11-8-28-21)15-18-6-3-5-17(13-18)14-31-9-1-2-10-31/h3,5-6,13H,1-2,4,7-12,14-16H2,(H,28,29,30). The zero-order valence-electron chi connectivity index (χ0n) is 19.5. The van der Waals surface area contributed by atoms with Gasteiger partial charge in [0, 0.05) is 32.6 Å². The summed E-state index contributed by atoms with van der Waals surface area (Å²) in [4.78, 5) is 27.8. The summed E-state index contributed by atoms with van der Waals surface area (Å²) in [6, 6.07) is 8.36. The number of ether oxygens (including phenoxy) is 1. The number of aromatic nitrogens is 2. The fourth-order valence-electron chi connectivity index (χ4n) is 4.86. The Labute approximate surface area is 202 Å². The lowest BCUT2D eigenvalue weighted by Crippen LogP contribution is -2.50. The van der Waals surface area contributed by atoms with Gasteiger partial charge in [0.15, 0.2) is 11.6 Å².